The normalized spacial score (nSPS) is 10.9. The van der Waals surface area contributed by atoms with Crippen molar-refractivity contribution in [1.82, 2.24) is 10.2 Å². The van der Waals surface area contributed by atoms with Gasteiger partial charge < -0.3 is 11.1 Å². The average Bonchev–Trinajstić information content (AvgIpc) is 2.91. The van der Waals surface area contributed by atoms with E-state index in [2.05, 4.69) is 15.5 Å². The number of nitrogen functional groups attached to an aromatic ring is 1. The second-order valence-corrected chi connectivity index (χ2v) is 5.96. The predicted octanol–water partition coefficient (Wildman–Crippen LogP) is 3.47. The summed E-state index contributed by atoms with van der Waals surface area (Å²) in [4.78, 5) is 12.0. The summed E-state index contributed by atoms with van der Waals surface area (Å²) in [6.07, 6.45) is 1.64. The predicted molar refractivity (Wildman–Crippen MR) is 87.2 cm³/mol. The average molecular weight is 304 g/mol. The largest absolute Gasteiger partial charge is 0.398 e. The molecule has 1 aromatic heterocycles. The van der Waals surface area contributed by atoms with Crippen LogP contribution in [0.1, 0.15) is 32.3 Å². The molecule has 0 atom stereocenters. The number of hydrogen-bond acceptors (Lipinski definition) is 5. The van der Waals surface area contributed by atoms with Gasteiger partial charge in [0.2, 0.25) is 11.0 Å². The van der Waals surface area contributed by atoms with Crippen LogP contribution < -0.4 is 11.1 Å². The Morgan fingerprint density at radius 1 is 1.33 bits per heavy atom. The first-order valence-corrected chi connectivity index (χ1v) is 7.87. The van der Waals surface area contributed by atoms with E-state index in [0.717, 1.165) is 34.7 Å². The maximum absolute atomic E-state index is 12.0. The van der Waals surface area contributed by atoms with Gasteiger partial charge in [0.15, 0.2) is 0 Å². The Hall–Kier alpha value is -1.95. The molecule has 1 amide bonds. The Labute approximate surface area is 128 Å². The third kappa shape index (κ3) is 3.58. The zero-order valence-electron chi connectivity index (χ0n) is 12.5. The van der Waals surface area contributed by atoms with Gasteiger partial charge >= 0.3 is 0 Å². The highest BCUT2D eigenvalue weighted by Crippen LogP contribution is 2.29. The van der Waals surface area contributed by atoms with Gasteiger partial charge in [-0.25, -0.2) is 0 Å². The highest BCUT2D eigenvalue weighted by molar-refractivity contribution is 7.18. The number of carbonyl (C=O) groups is 1. The molecule has 0 saturated carbocycles. The Bertz CT molecular complexity index is 634. The minimum atomic E-state index is 0.00567. The van der Waals surface area contributed by atoms with Gasteiger partial charge in [0.25, 0.3) is 0 Å². The fourth-order valence-corrected chi connectivity index (χ4v) is 2.77. The molecule has 0 saturated heterocycles. The second-order valence-electron chi connectivity index (χ2n) is 4.99. The molecule has 1 aromatic carbocycles. The van der Waals surface area contributed by atoms with Crippen molar-refractivity contribution in [3.05, 3.63) is 23.8 Å². The van der Waals surface area contributed by atoms with E-state index in [1.54, 1.807) is 0 Å². The van der Waals surface area contributed by atoms with Crippen molar-refractivity contribution in [2.75, 3.05) is 11.1 Å². The van der Waals surface area contributed by atoms with Crippen LogP contribution in [0.15, 0.2) is 18.2 Å². The fraction of sp³-hybridized carbons (Fsp3) is 0.400. The number of rotatable bonds is 5. The molecule has 2 rings (SSSR count). The van der Waals surface area contributed by atoms with Crippen molar-refractivity contribution in [2.45, 2.75) is 33.6 Å². The molecular formula is C15H20N4OS. The van der Waals surface area contributed by atoms with E-state index in [9.17, 15) is 4.79 Å². The molecule has 5 nitrogen and oxygen atoms in total. The molecule has 2 aromatic rings. The Kier molecular flexibility index (Phi) is 4.90. The van der Waals surface area contributed by atoms with E-state index in [0.29, 0.717) is 5.13 Å². The van der Waals surface area contributed by atoms with Crippen molar-refractivity contribution >= 4 is 28.1 Å². The lowest BCUT2D eigenvalue weighted by Gasteiger charge is -2.09. The lowest BCUT2D eigenvalue weighted by molar-refractivity contribution is -0.120. The summed E-state index contributed by atoms with van der Waals surface area (Å²) >= 11 is 1.36. The van der Waals surface area contributed by atoms with Gasteiger partial charge in [-0.1, -0.05) is 37.3 Å². The van der Waals surface area contributed by atoms with Crippen LogP contribution in [0.25, 0.3) is 10.6 Å². The third-order valence-corrected chi connectivity index (χ3v) is 4.43. The highest BCUT2D eigenvalue weighted by atomic mass is 32.1. The molecule has 21 heavy (non-hydrogen) atoms. The maximum atomic E-state index is 12.0. The molecule has 1 heterocycles. The summed E-state index contributed by atoms with van der Waals surface area (Å²) < 4.78 is 0. The van der Waals surface area contributed by atoms with Crippen molar-refractivity contribution < 1.29 is 4.79 Å². The molecule has 0 fully saturated rings. The van der Waals surface area contributed by atoms with E-state index in [1.807, 2.05) is 39.0 Å². The van der Waals surface area contributed by atoms with Crippen LogP contribution in [-0.4, -0.2) is 16.1 Å². The molecule has 6 heteroatoms. The van der Waals surface area contributed by atoms with Gasteiger partial charge in [0.05, 0.1) is 0 Å². The SMILES string of the molecule is CCC(CC)C(=O)Nc1nnc(-c2ccc(C)c(N)c2)s1. The summed E-state index contributed by atoms with van der Waals surface area (Å²) in [5.74, 6) is 0.0264. The zero-order chi connectivity index (χ0) is 15.4. The summed E-state index contributed by atoms with van der Waals surface area (Å²) in [5.41, 5.74) is 8.58. The molecular weight excluding hydrogens is 284 g/mol. The van der Waals surface area contributed by atoms with Crippen molar-refractivity contribution in [2.24, 2.45) is 5.92 Å². The Morgan fingerprint density at radius 2 is 2.05 bits per heavy atom. The van der Waals surface area contributed by atoms with E-state index in [-0.39, 0.29) is 11.8 Å². The van der Waals surface area contributed by atoms with E-state index >= 15 is 0 Å². The van der Waals surface area contributed by atoms with Crippen LogP contribution in [0.5, 0.6) is 0 Å². The van der Waals surface area contributed by atoms with Gasteiger partial charge in [0.1, 0.15) is 5.01 Å². The number of benzene rings is 1. The lowest BCUT2D eigenvalue weighted by Crippen LogP contribution is -2.21. The topological polar surface area (TPSA) is 80.9 Å². The Morgan fingerprint density at radius 3 is 2.67 bits per heavy atom. The van der Waals surface area contributed by atoms with Gasteiger partial charge in [0, 0.05) is 17.2 Å². The Balaban J connectivity index is 2.14. The smallest absolute Gasteiger partial charge is 0.229 e. The van der Waals surface area contributed by atoms with Crippen molar-refractivity contribution in [3.8, 4) is 10.6 Å². The molecule has 0 aliphatic carbocycles. The molecule has 0 aliphatic heterocycles. The maximum Gasteiger partial charge on any atom is 0.229 e. The van der Waals surface area contributed by atoms with Crippen LogP contribution in [0.3, 0.4) is 0 Å². The van der Waals surface area contributed by atoms with Crippen LogP contribution in [0.2, 0.25) is 0 Å². The first-order chi connectivity index (χ1) is 10.0. The van der Waals surface area contributed by atoms with E-state index < -0.39 is 0 Å². The summed E-state index contributed by atoms with van der Waals surface area (Å²) in [7, 11) is 0. The van der Waals surface area contributed by atoms with Crippen LogP contribution in [0.4, 0.5) is 10.8 Å². The number of carbonyl (C=O) groups excluding carboxylic acids is 1. The first kappa shape index (κ1) is 15.4. The van der Waals surface area contributed by atoms with Crippen molar-refractivity contribution in [3.63, 3.8) is 0 Å². The molecule has 0 aliphatic rings. The number of aryl methyl sites for hydroxylation is 1. The third-order valence-electron chi connectivity index (χ3n) is 3.54. The summed E-state index contributed by atoms with van der Waals surface area (Å²) in [5, 5.41) is 12.3. The van der Waals surface area contributed by atoms with Crippen LogP contribution in [-0.2, 0) is 4.79 Å². The number of anilines is 2. The second kappa shape index (κ2) is 6.67. The summed E-state index contributed by atoms with van der Waals surface area (Å²) in [6.45, 7) is 5.98. The minimum absolute atomic E-state index is 0.00567. The minimum Gasteiger partial charge on any atom is -0.398 e. The number of nitrogens with two attached hydrogens (primary N) is 1. The molecule has 0 radical (unpaired) electrons. The number of hydrogen-bond donors (Lipinski definition) is 2. The number of nitrogens with one attached hydrogen (secondary N) is 1. The van der Waals surface area contributed by atoms with E-state index in [4.69, 9.17) is 5.73 Å². The van der Waals surface area contributed by atoms with Crippen molar-refractivity contribution in [1.29, 1.82) is 0 Å². The first-order valence-electron chi connectivity index (χ1n) is 7.06. The molecule has 0 spiro atoms. The molecule has 3 N–H and O–H groups in total. The van der Waals surface area contributed by atoms with E-state index in [1.165, 1.54) is 11.3 Å². The van der Waals surface area contributed by atoms with Gasteiger partial charge in [-0.05, 0) is 31.4 Å². The molecule has 112 valence electrons. The van der Waals surface area contributed by atoms with Gasteiger partial charge in [-0.2, -0.15) is 0 Å². The molecule has 0 bridgehead atoms. The van der Waals surface area contributed by atoms with Gasteiger partial charge in [-0.15, -0.1) is 10.2 Å². The number of aromatic nitrogens is 2. The molecule has 0 unspecified atom stereocenters. The fourth-order valence-electron chi connectivity index (χ4n) is 2.03. The zero-order valence-corrected chi connectivity index (χ0v) is 13.3. The number of nitrogens with zero attached hydrogens (tertiary/aromatic N) is 2. The lowest BCUT2D eigenvalue weighted by atomic mass is 10.0. The summed E-state index contributed by atoms with van der Waals surface area (Å²) in [6, 6.07) is 5.79. The van der Waals surface area contributed by atoms with Crippen LogP contribution in [0, 0.1) is 12.8 Å². The standard InChI is InChI=1S/C15H20N4OS/c1-4-10(5-2)13(20)17-15-19-18-14(21-15)11-7-6-9(3)12(16)8-11/h6-8,10H,4-5,16H2,1-3H3,(H,17,19,20). The number of amides is 1. The van der Waals surface area contributed by atoms with Gasteiger partial charge in [-0.3, -0.25) is 4.79 Å². The highest BCUT2D eigenvalue weighted by Gasteiger charge is 2.16. The monoisotopic (exact) mass is 304 g/mol. The van der Waals surface area contributed by atoms with Crippen LogP contribution >= 0.6 is 11.3 Å². The quantitative estimate of drug-likeness (QED) is 0.829.